The van der Waals surface area contributed by atoms with Gasteiger partial charge in [-0.05, 0) is 85.9 Å². The molecule has 0 N–H and O–H groups in total. The van der Waals surface area contributed by atoms with E-state index in [1.807, 2.05) is 0 Å². The fourth-order valence-corrected chi connectivity index (χ4v) is 8.14. The van der Waals surface area contributed by atoms with Crippen LogP contribution in [0.2, 0.25) is 0 Å². The summed E-state index contributed by atoms with van der Waals surface area (Å²) in [5.74, 6) is 1.77. The maximum Gasteiger partial charge on any atom is 0.395 e. The fourth-order valence-electron chi connectivity index (χ4n) is 8.14. The molecular weight excluding hydrogens is 337 g/mol. The van der Waals surface area contributed by atoms with Crippen molar-refractivity contribution in [3.63, 3.8) is 0 Å². The zero-order chi connectivity index (χ0) is 18.7. The van der Waals surface area contributed by atoms with Crippen LogP contribution in [-0.2, 0) is 4.79 Å². The first kappa shape index (κ1) is 18.8. The average molecular weight is 370 g/mol. The number of carbonyl (C=O) groups is 1. The summed E-state index contributed by atoms with van der Waals surface area (Å²) >= 11 is 0. The second kappa shape index (κ2) is 6.24. The van der Waals surface area contributed by atoms with Gasteiger partial charge in [0.2, 0.25) is 0 Å². The van der Waals surface area contributed by atoms with Gasteiger partial charge in [0, 0.05) is 5.92 Å². The molecule has 0 aromatic carbocycles. The van der Waals surface area contributed by atoms with Gasteiger partial charge < -0.3 is 0 Å². The summed E-state index contributed by atoms with van der Waals surface area (Å²) in [5, 5.41) is 0. The van der Waals surface area contributed by atoms with Crippen molar-refractivity contribution in [3.05, 3.63) is 0 Å². The smallest absolute Gasteiger partial charge is 0.299 e. The van der Waals surface area contributed by atoms with Crippen molar-refractivity contribution in [1.82, 2.24) is 0 Å². The molecule has 148 valence electrons. The second-order valence-electron chi connectivity index (χ2n) is 10.3. The van der Waals surface area contributed by atoms with Gasteiger partial charge in [-0.3, -0.25) is 4.79 Å². The van der Waals surface area contributed by atoms with Crippen molar-refractivity contribution in [3.8, 4) is 0 Å². The summed E-state index contributed by atoms with van der Waals surface area (Å²) in [6.07, 6.45) is 6.08. The Morgan fingerprint density at radius 2 is 1.62 bits per heavy atom. The molecule has 0 heterocycles. The first-order chi connectivity index (χ1) is 12.2. The summed E-state index contributed by atoms with van der Waals surface area (Å²) in [6.45, 7) is 4.66. The maximum atomic E-state index is 12.8. The normalized spacial score (nSPS) is 48.4. The number of rotatable bonds is 2. The Morgan fingerprint density at radius 1 is 0.885 bits per heavy atom. The van der Waals surface area contributed by atoms with Gasteiger partial charge in [0.25, 0.3) is 0 Å². The third-order valence-electron chi connectivity index (χ3n) is 9.35. The van der Waals surface area contributed by atoms with E-state index in [1.54, 1.807) is 0 Å². The molecular formula is C22H33F3O. The van der Waals surface area contributed by atoms with Crippen LogP contribution in [0, 0.1) is 40.4 Å². The molecule has 0 saturated heterocycles. The molecule has 1 nitrogen and oxygen atoms in total. The lowest BCUT2D eigenvalue weighted by Gasteiger charge is -2.60. The Morgan fingerprint density at radius 3 is 2.35 bits per heavy atom. The van der Waals surface area contributed by atoms with Gasteiger partial charge in [0.15, 0.2) is 0 Å². The summed E-state index contributed by atoms with van der Waals surface area (Å²) in [4.78, 5) is 12.5. The van der Waals surface area contributed by atoms with Gasteiger partial charge in [0.1, 0.15) is 12.2 Å². The third-order valence-corrected chi connectivity index (χ3v) is 9.35. The molecule has 4 aliphatic rings. The highest BCUT2D eigenvalue weighted by atomic mass is 19.4. The van der Waals surface area contributed by atoms with Gasteiger partial charge >= 0.3 is 6.18 Å². The van der Waals surface area contributed by atoms with E-state index in [4.69, 9.17) is 0 Å². The number of fused-ring (bicyclic) bond motifs is 5. The minimum Gasteiger partial charge on any atom is -0.299 e. The van der Waals surface area contributed by atoms with Crippen LogP contribution in [0.3, 0.4) is 0 Å². The van der Waals surface area contributed by atoms with Crippen molar-refractivity contribution >= 4 is 5.78 Å². The second-order valence-corrected chi connectivity index (χ2v) is 10.3. The molecule has 0 aromatic heterocycles. The molecule has 26 heavy (non-hydrogen) atoms. The van der Waals surface area contributed by atoms with Gasteiger partial charge in [-0.1, -0.05) is 26.7 Å². The molecule has 0 aromatic rings. The van der Waals surface area contributed by atoms with Crippen molar-refractivity contribution in [2.45, 2.75) is 90.7 Å². The van der Waals surface area contributed by atoms with E-state index in [2.05, 4.69) is 13.8 Å². The van der Waals surface area contributed by atoms with Crippen molar-refractivity contribution in [2.75, 3.05) is 0 Å². The zero-order valence-corrected chi connectivity index (χ0v) is 16.2. The van der Waals surface area contributed by atoms with Crippen LogP contribution in [-0.4, -0.2) is 12.0 Å². The van der Waals surface area contributed by atoms with E-state index in [9.17, 15) is 18.0 Å². The molecule has 4 rings (SSSR count). The van der Waals surface area contributed by atoms with E-state index >= 15 is 0 Å². The molecule has 4 aliphatic carbocycles. The molecule has 0 bridgehead atoms. The lowest BCUT2D eigenvalue weighted by atomic mass is 9.45. The zero-order valence-electron chi connectivity index (χ0n) is 16.2. The van der Waals surface area contributed by atoms with Crippen LogP contribution < -0.4 is 0 Å². The van der Waals surface area contributed by atoms with Crippen LogP contribution in [0.25, 0.3) is 0 Å². The summed E-state index contributed by atoms with van der Waals surface area (Å²) in [7, 11) is 0. The maximum absolute atomic E-state index is 12.8. The SMILES string of the molecule is C[C@]12CCCC[C@H]1CC[C@@H]1[C@@H]2CC[C@]2(C)[C@@H](C(=O)CC(F)(F)F)CC[C@@H]12. The Bertz CT molecular complexity index is 570. The van der Waals surface area contributed by atoms with Crippen molar-refractivity contribution in [2.24, 2.45) is 40.4 Å². The molecule has 0 unspecified atom stereocenters. The molecule has 4 saturated carbocycles. The van der Waals surface area contributed by atoms with E-state index in [0.717, 1.165) is 31.1 Å². The minimum absolute atomic E-state index is 0.193. The molecule has 0 aliphatic heterocycles. The number of hydrogen-bond donors (Lipinski definition) is 0. The van der Waals surface area contributed by atoms with E-state index in [1.165, 1.54) is 38.5 Å². The molecule has 4 fully saturated rings. The predicted molar refractivity (Wildman–Crippen MR) is 95.5 cm³/mol. The van der Waals surface area contributed by atoms with Crippen LogP contribution in [0.15, 0.2) is 0 Å². The lowest BCUT2D eigenvalue weighted by Crippen LogP contribution is -2.53. The number of alkyl halides is 3. The quantitative estimate of drug-likeness (QED) is 0.538. The Balaban J connectivity index is 1.55. The van der Waals surface area contributed by atoms with Crippen molar-refractivity contribution in [1.29, 1.82) is 0 Å². The number of hydrogen-bond acceptors (Lipinski definition) is 1. The number of carbonyl (C=O) groups excluding carboxylic acids is 1. The molecule has 0 spiro atoms. The van der Waals surface area contributed by atoms with Gasteiger partial charge in [0.05, 0.1) is 0 Å². The van der Waals surface area contributed by atoms with Crippen molar-refractivity contribution < 1.29 is 18.0 Å². The Kier molecular flexibility index (Phi) is 4.51. The molecule has 0 amide bonds. The lowest BCUT2D eigenvalue weighted by molar-refractivity contribution is -0.160. The van der Waals surface area contributed by atoms with Crippen LogP contribution in [0.1, 0.15) is 84.5 Å². The number of ketones is 1. The van der Waals surface area contributed by atoms with Crippen LogP contribution in [0.4, 0.5) is 13.2 Å². The van der Waals surface area contributed by atoms with E-state index < -0.39 is 18.4 Å². The van der Waals surface area contributed by atoms with E-state index in [-0.39, 0.29) is 11.3 Å². The van der Waals surface area contributed by atoms with Gasteiger partial charge in [-0.15, -0.1) is 0 Å². The van der Waals surface area contributed by atoms with Crippen LogP contribution in [0.5, 0.6) is 0 Å². The Labute approximate surface area is 155 Å². The topological polar surface area (TPSA) is 17.1 Å². The third kappa shape index (κ3) is 2.85. The molecule has 4 heteroatoms. The fraction of sp³-hybridized carbons (Fsp3) is 0.955. The van der Waals surface area contributed by atoms with Crippen LogP contribution >= 0.6 is 0 Å². The number of Topliss-reactive ketones (excluding diaryl/α,β-unsaturated/α-hetero) is 1. The highest BCUT2D eigenvalue weighted by Crippen LogP contribution is 2.67. The minimum atomic E-state index is -4.36. The summed E-state index contributed by atoms with van der Waals surface area (Å²) in [6, 6.07) is 0. The number of halogens is 3. The largest absolute Gasteiger partial charge is 0.395 e. The Hall–Kier alpha value is -0.540. The summed E-state index contributed by atoms with van der Waals surface area (Å²) in [5.41, 5.74) is 0.248. The highest BCUT2D eigenvalue weighted by Gasteiger charge is 2.61. The predicted octanol–water partition coefficient (Wildman–Crippen LogP) is 6.56. The summed E-state index contributed by atoms with van der Waals surface area (Å²) < 4.78 is 38.4. The highest BCUT2D eigenvalue weighted by molar-refractivity contribution is 5.82. The molecule has 0 radical (unpaired) electrons. The van der Waals surface area contributed by atoms with E-state index in [0.29, 0.717) is 23.7 Å². The average Bonchev–Trinajstić information content (AvgIpc) is 2.90. The monoisotopic (exact) mass is 370 g/mol. The first-order valence-electron chi connectivity index (χ1n) is 10.7. The standard InChI is InChI=1S/C22H33F3O/c1-20-11-4-3-5-14(20)6-7-15-16-8-9-18(19(26)13-22(23,24)25)21(16,2)12-10-17(15)20/h14-18H,3-13H2,1-2H3/t14-,15-,16-,17-,18+,20-,21-/m0/s1. The van der Waals surface area contributed by atoms with Gasteiger partial charge in [-0.2, -0.15) is 13.2 Å². The van der Waals surface area contributed by atoms with Gasteiger partial charge in [-0.25, -0.2) is 0 Å². The first-order valence-corrected chi connectivity index (χ1v) is 10.7. The molecule has 7 atom stereocenters.